The molecule has 3 unspecified atom stereocenters. The van der Waals surface area contributed by atoms with Crippen molar-refractivity contribution in [2.75, 3.05) is 13.2 Å². The first kappa shape index (κ1) is 14.9. The number of nitrogens with one attached hydrogen (secondary N) is 1. The smallest absolute Gasteiger partial charge is 0.125 e. The molecule has 3 heteroatoms. The van der Waals surface area contributed by atoms with Gasteiger partial charge in [-0.25, -0.2) is 0 Å². The Morgan fingerprint density at radius 1 is 1.19 bits per heavy atom. The first-order valence-electron chi connectivity index (χ1n) is 8.24. The quantitative estimate of drug-likeness (QED) is 0.893. The zero-order chi connectivity index (χ0) is 14.9. The van der Waals surface area contributed by atoms with Gasteiger partial charge in [0.1, 0.15) is 11.4 Å². The summed E-state index contributed by atoms with van der Waals surface area (Å²) in [5.74, 6) is 2.06. The highest BCUT2D eigenvalue weighted by Gasteiger charge is 2.41. The minimum atomic E-state index is -0.215. The number of para-hydroxylation sites is 1. The maximum atomic E-state index is 9.56. The maximum absolute atomic E-state index is 9.56. The van der Waals surface area contributed by atoms with Gasteiger partial charge in [-0.2, -0.15) is 0 Å². The third-order valence-corrected chi connectivity index (χ3v) is 5.18. The van der Waals surface area contributed by atoms with Gasteiger partial charge in [-0.05, 0) is 51.1 Å². The molecular weight excluding hydrogens is 262 g/mol. The van der Waals surface area contributed by atoms with Crippen LogP contribution in [-0.2, 0) is 0 Å². The standard InChI is InChI=1S/C18H27NO2/c1-18(2)17(15-9-5-6-10-16(15)21-18)19-11-13-7-3-4-8-14(13)12-20/h5-6,9-10,13-14,17,19-20H,3-4,7-8,11-12H2,1-2H3. The third kappa shape index (κ3) is 2.95. The number of aliphatic hydroxyl groups excluding tert-OH is 1. The van der Waals surface area contributed by atoms with Gasteiger partial charge >= 0.3 is 0 Å². The molecule has 0 spiro atoms. The van der Waals surface area contributed by atoms with Crippen LogP contribution in [0, 0.1) is 11.8 Å². The van der Waals surface area contributed by atoms with Crippen molar-refractivity contribution >= 4 is 0 Å². The molecule has 0 bridgehead atoms. The lowest BCUT2D eigenvalue weighted by molar-refractivity contribution is 0.0841. The molecule has 116 valence electrons. The van der Waals surface area contributed by atoms with Crippen LogP contribution in [-0.4, -0.2) is 23.9 Å². The van der Waals surface area contributed by atoms with Crippen molar-refractivity contribution in [2.24, 2.45) is 11.8 Å². The van der Waals surface area contributed by atoms with Crippen molar-refractivity contribution in [2.45, 2.75) is 51.2 Å². The van der Waals surface area contributed by atoms with Crippen LogP contribution >= 0.6 is 0 Å². The lowest BCUT2D eigenvalue weighted by Crippen LogP contribution is -2.42. The second kappa shape index (κ2) is 5.98. The van der Waals surface area contributed by atoms with E-state index < -0.39 is 0 Å². The van der Waals surface area contributed by atoms with E-state index in [0.717, 1.165) is 12.3 Å². The van der Waals surface area contributed by atoms with E-state index in [2.05, 4.69) is 37.4 Å². The Hall–Kier alpha value is -1.06. The summed E-state index contributed by atoms with van der Waals surface area (Å²) < 4.78 is 6.09. The van der Waals surface area contributed by atoms with E-state index in [0.29, 0.717) is 18.4 Å². The van der Waals surface area contributed by atoms with Crippen LogP contribution in [0.3, 0.4) is 0 Å². The van der Waals surface area contributed by atoms with E-state index >= 15 is 0 Å². The topological polar surface area (TPSA) is 41.5 Å². The molecule has 3 nitrogen and oxygen atoms in total. The molecule has 2 aliphatic rings. The molecule has 1 fully saturated rings. The van der Waals surface area contributed by atoms with Gasteiger partial charge in [0.15, 0.2) is 0 Å². The fourth-order valence-corrected chi connectivity index (χ4v) is 3.95. The highest BCUT2D eigenvalue weighted by Crippen LogP contribution is 2.43. The summed E-state index contributed by atoms with van der Waals surface area (Å²) in [6, 6.07) is 8.55. The van der Waals surface area contributed by atoms with Gasteiger partial charge in [-0.3, -0.25) is 0 Å². The van der Waals surface area contributed by atoms with E-state index in [1.54, 1.807) is 0 Å². The second-order valence-electron chi connectivity index (χ2n) is 7.07. The van der Waals surface area contributed by atoms with Gasteiger partial charge in [-0.15, -0.1) is 0 Å². The molecule has 3 atom stereocenters. The summed E-state index contributed by atoms with van der Waals surface area (Å²) >= 11 is 0. The normalized spacial score (nSPS) is 30.7. The molecule has 1 aliphatic carbocycles. The predicted molar refractivity (Wildman–Crippen MR) is 84.4 cm³/mol. The van der Waals surface area contributed by atoms with E-state index in [1.165, 1.54) is 31.2 Å². The minimum Gasteiger partial charge on any atom is -0.486 e. The van der Waals surface area contributed by atoms with Crippen LogP contribution in [0.1, 0.15) is 51.1 Å². The highest BCUT2D eigenvalue weighted by atomic mass is 16.5. The van der Waals surface area contributed by atoms with E-state index in [1.807, 2.05) is 6.07 Å². The Kier molecular flexibility index (Phi) is 4.23. The van der Waals surface area contributed by atoms with Gasteiger partial charge in [0.2, 0.25) is 0 Å². The van der Waals surface area contributed by atoms with Crippen LogP contribution in [0.25, 0.3) is 0 Å². The van der Waals surface area contributed by atoms with Crippen LogP contribution in [0.2, 0.25) is 0 Å². The SMILES string of the molecule is CC1(C)Oc2ccccc2C1NCC1CCCCC1CO. The van der Waals surface area contributed by atoms with Crippen molar-refractivity contribution in [3.8, 4) is 5.75 Å². The molecule has 1 saturated carbocycles. The van der Waals surface area contributed by atoms with Crippen molar-refractivity contribution < 1.29 is 9.84 Å². The molecule has 0 saturated heterocycles. The van der Waals surface area contributed by atoms with Crippen LogP contribution in [0.4, 0.5) is 0 Å². The molecular formula is C18H27NO2. The zero-order valence-electron chi connectivity index (χ0n) is 13.1. The highest BCUT2D eigenvalue weighted by molar-refractivity contribution is 5.42. The number of benzene rings is 1. The fraction of sp³-hybridized carbons (Fsp3) is 0.667. The van der Waals surface area contributed by atoms with Crippen LogP contribution in [0.15, 0.2) is 24.3 Å². The van der Waals surface area contributed by atoms with Crippen molar-refractivity contribution in [3.05, 3.63) is 29.8 Å². The summed E-state index contributed by atoms with van der Waals surface area (Å²) in [5.41, 5.74) is 1.05. The monoisotopic (exact) mass is 289 g/mol. The van der Waals surface area contributed by atoms with Gasteiger partial charge in [-0.1, -0.05) is 31.0 Å². The third-order valence-electron chi connectivity index (χ3n) is 5.18. The maximum Gasteiger partial charge on any atom is 0.125 e. The first-order valence-corrected chi connectivity index (χ1v) is 8.24. The Morgan fingerprint density at radius 2 is 1.90 bits per heavy atom. The lowest BCUT2D eigenvalue weighted by atomic mass is 9.79. The summed E-state index contributed by atoms with van der Waals surface area (Å²) in [7, 11) is 0. The summed E-state index contributed by atoms with van der Waals surface area (Å²) in [4.78, 5) is 0. The van der Waals surface area contributed by atoms with Gasteiger partial charge in [0.25, 0.3) is 0 Å². The molecule has 1 aromatic carbocycles. The summed E-state index contributed by atoms with van der Waals surface area (Å²) in [5, 5.41) is 13.3. The molecule has 0 aromatic heterocycles. The molecule has 2 N–H and O–H groups in total. The average molecular weight is 289 g/mol. The Bertz CT molecular complexity index is 486. The molecule has 1 aromatic rings. The Labute approximate surface area is 127 Å². The van der Waals surface area contributed by atoms with E-state index in [9.17, 15) is 5.11 Å². The molecule has 0 radical (unpaired) electrons. The van der Waals surface area contributed by atoms with Crippen molar-refractivity contribution in [1.82, 2.24) is 5.32 Å². The van der Waals surface area contributed by atoms with Crippen molar-refractivity contribution in [3.63, 3.8) is 0 Å². The Morgan fingerprint density at radius 3 is 2.67 bits per heavy atom. The predicted octanol–water partition coefficient (Wildman–Crippen LogP) is 3.29. The lowest BCUT2D eigenvalue weighted by Gasteiger charge is -2.33. The zero-order valence-corrected chi connectivity index (χ0v) is 13.1. The van der Waals surface area contributed by atoms with Gasteiger partial charge in [0, 0.05) is 12.2 Å². The number of rotatable bonds is 4. The Balaban J connectivity index is 1.69. The van der Waals surface area contributed by atoms with Crippen LogP contribution < -0.4 is 10.1 Å². The molecule has 3 rings (SSSR count). The largest absolute Gasteiger partial charge is 0.486 e. The first-order chi connectivity index (χ1) is 10.1. The summed E-state index contributed by atoms with van der Waals surface area (Å²) in [6.07, 6.45) is 4.96. The number of hydrogen-bond acceptors (Lipinski definition) is 3. The second-order valence-corrected chi connectivity index (χ2v) is 7.07. The molecule has 21 heavy (non-hydrogen) atoms. The van der Waals surface area contributed by atoms with E-state index in [4.69, 9.17) is 4.74 Å². The van der Waals surface area contributed by atoms with Gasteiger partial charge < -0.3 is 15.2 Å². The molecule has 0 amide bonds. The van der Waals surface area contributed by atoms with Crippen molar-refractivity contribution in [1.29, 1.82) is 0 Å². The fourth-order valence-electron chi connectivity index (χ4n) is 3.95. The van der Waals surface area contributed by atoms with Gasteiger partial charge in [0.05, 0.1) is 6.04 Å². The number of fused-ring (bicyclic) bond motifs is 1. The molecule has 1 aliphatic heterocycles. The summed E-state index contributed by atoms with van der Waals surface area (Å²) in [6.45, 7) is 5.59. The van der Waals surface area contributed by atoms with E-state index in [-0.39, 0.29) is 11.6 Å². The van der Waals surface area contributed by atoms with Crippen LogP contribution in [0.5, 0.6) is 5.75 Å². The number of ether oxygens (including phenoxy) is 1. The number of hydrogen-bond donors (Lipinski definition) is 2. The minimum absolute atomic E-state index is 0.215. The average Bonchev–Trinajstić information content (AvgIpc) is 2.75. The number of aliphatic hydroxyl groups is 1. The molecule has 1 heterocycles.